The minimum absolute atomic E-state index is 0.667. The molecule has 3 rings (SSSR count). The van der Waals surface area contributed by atoms with Crippen LogP contribution in [0.25, 0.3) is 0 Å². The van der Waals surface area contributed by atoms with Crippen molar-refractivity contribution in [2.45, 2.75) is 19.3 Å². The fraction of sp³-hybridized carbons (Fsp3) is 0.250. The SMILES string of the molecule is Cc1cc(Br)cc(NCC2Cc3ccccc32)c1. The summed E-state index contributed by atoms with van der Waals surface area (Å²) in [6.45, 7) is 3.14. The molecular weight excluding hydrogens is 286 g/mol. The van der Waals surface area contributed by atoms with Gasteiger partial charge in [-0.1, -0.05) is 40.2 Å². The molecule has 0 saturated heterocycles. The summed E-state index contributed by atoms with van der Waals surface area (Å²) in [6, 6.07) is 15.2. The normalized spacial score (nSPS) is 16.9. The van der Waals surface area contributed by atoms with Gasteiger partial charge in [-0.25, -0.2) is 0 Å². The molecular formula is C16H16BrN. The molecule has 92 valence electrons. The summed E-state index contributed by atoms with van der Waals surface area (Å²) in [5.74, 6) is 0.667. The smallest absolute Gasteiger partial charge is 0.0354 e. The van der Waals surface area contributed by atoms with E-state index in [1.807, 2.05) is 0 Å². The zero-order valence-electron chi connectivity index (χ0n) is 10.4. The maximum Gasteiger partial charge on any atom is 0.0354 e. The topological polar surface area (TPSA) is 12.0 Å². The van der Waals surface area contributed by atoms with E-state index in [1.54, 1.807) is 0 Å². The fourth-order valence-corrected chi connectivity index (χ4v) is 3.23. The lowest BCUT2D eigenvalue weighted by Gasteiger charge is -2.30. The molecule has 0 fully saturated rings. The molecule has 2 aromatic rings. The van der Waals surface area contributed by atoms with Crippen LogP contribution in [0.2, 0.25) is 0 Å². The van der Waals surface area contributed by atoms with Crippen molar-refractivity contribution in [1.82, 2.24) is 0 Å². The highest BCUT2D eigenvalue weighted by molar-refractivity contribution is 9.10. The van der Waals surface area contributed by atoms with Gasteiger partial charge in [-0.15, -0.1) is 0 Å². The first-order valence-electron chi connectivity index (χ1n) is 6.31. The number of nitrogens with one attached hydrogen (secondary N) is 1. The second-order valence-electron chi connectivity index (χ2n) is 5.00. The predicted molar refractivity (Wildman–Crippen MR) is 80.3 cm³/mol. The molecule has 0 saturated carbocycles. The van der Waals surface area contributed by atoms with Crippen LogP contribution in [-0.4, -0.2) is 6.54 Å². The van der Waals surface area contributed by atoms with Crippen LogP contribution in [0.1, 0.15) is 22.6 Å². The van der Waals surface area contributed by atoms with Crippen LogP contribution >= 0.6 is 15.9 Å². The summed E-state index contributed by atoms with van der Waals surface area (Å²) < 4.78 is 1.14. The van der Waals surface area contributed by atoms with Gasteiger partial charge in [0.15, 0.2) is 0 Å². The van der Waals surface area contributed by atoms with Crippen LogP contribution in [0.15, 0.2) is 46.9 Å². The first kappa shape index (κ1) is 11.8. The molecule has 2 heteroatoms. The van der Waals surface area contributed by atoms with Gasteiger partial charge in [-0.05, 0) is 48.2 Å². The lowest BCUT2D eigenvalue weighted by atomic mass is 9.77. The van der Waals surface area contributed by atoms with Crippen LogP contribution in [0.4, 0.5) is 5.69 Å². The molecule has 0 spiro atoms. The molecule has 1 N–H and O–H groups in total. The zero-order chi connectivity index (χ0) is 12.5. The summed E-state index contributed by atoms with van der Waals surface area (Å²) in [6.07, 6.45) is 1.20. The molecule has 1 atom stereocenters. The van der Waals surface area contributed by atoms with Gasteiger partial charge < -0.3 is 5.32 Å². The monoisotopic (exact) mass is 301 g/mol. The standard InChI is InChI=1S/C16H16BrN/c1-11-6-14(17)9-15(7-11)18-10-13-8-12-4-2-3-5-16(12)13/h2-7,9,13,18H,8,10H2,1H3. The Morgan fingerprint density at radius 1 is 1.22 bits per heavy atom. The summed E-state index contributed by atoms with van der Waals surface area (Å²) in [5.41, 5.74) is 5.50. The van der Waals surface area contributed by atoms with Crippen molar-refractivity contribution in [2.24, 2.45) is 0 Å². The number of halogens is 1. The molecule has 2 aromatic carbocycles. The molecule has 0 amide bonds. The van der Waals surface area contributed by atoms with Crippen molar-refractivity contribution in [3.8, 4) is 0 Å². The molecule has 0 aliphatic heterocycles. The Bertz CT molecular complexity index is 557. The Morgan fingerprint density at radius 2 is 2.06 bits per heavy atom. The maximum atomic E-state index is 3.54. The van der Waals surface area contributed by atoms with E-state index in [0.717, 1.165) is 11.0 Å². The van der Waals surface area contributed by atoms with E-state index < -0.39 is 0 Å². The van der Waals surface area contributed by atoms with E-state index in [4.69, 9.17) is 0 Å². The average molecular weight is 302 g/mol. The van der Waals surface area contributed by atoms with Gasteiger partial charge in [-0.2, -0.15) is 0 Å². The van der Waals surface area contributed by atoms with Crippen molar-refractivity contribution in [3.63, 3.8) is 0 Å². The molecule has 0 radical (unpaired) electrons. The Hall–Kier alpha value is -1.28. The number of hydrogen-bond donors (Lipinski definition) is 1. The first-order valence-corrected chi connectivity index (χ1v) is 7.10. The first-order chi connectivity index (χ1) is 8.72. The highest BCUT2D eigenvalue weighted by Crippen LogP contribution is 2.34. The van der Waals surface area contributed by atoms with E-state index in [9.17, 15) is 0 Å². The van der Waals surface area contributed by atoms with E-state index in [1.165, 1.54) is 28.8 Å². The number of rotatable bonds is 3. The minimum Gasteiger partial charge on any atom is -0.384 e. The third kappa shape index (κ3) is 2.30. The van der Waals surface area contributed by atoms with Gasteiger partial charge >= 0.3 is 0 Å². The van der Waals surface area contributed by atoms with Gasteiger partial charge in [0.1, 0.15) is 0 Å². The molecule has 1 aliphatic rings. The van der Waals surface area contributed by atoms with Crippen LogP contribution in [0.3, 0.4) is 0 Å². The Balaban J connectivity index is 1.66. The van der Waals surface area contributed by atoms with E-state index in [0.29, 0.717) is 5.92 Å². The summed E-state index contributed by atoms with van der Waals surface area (Å²) >= 11 is 3.54. The number of aryl methyl sites for hydroxylation is 1. The largest absolute Gasteiger partial charge is 0.384 e. The van der Waals surface area contributed by atoms with E-state index >= 15 is 0 Å². The summed E-state index contributed by atoms with van der Waals surface area (Å²) in [5, 5.41) is 3.54. The third-order valence-corrected chi connectivity index (χ3v) is 4.01. The quantitative estimate of drug-likeness (QED) is 0.879. The minimum atomic E-state index is 0.667. The Kier molecular flexibility index (Phi) is 3.13. The molecule has 0 bridgehead atoms. The summed E-state index contributed by atoms with van der Waals surface area (Å²) in [4.78, 5) is 0. The van der Waals surface area contributed by atoms with Gasteiger partial charge in [0.05, 0.1) is 0 Å². The molecule has 1 aliphatic carbocycles. The average Bonchev–Trinajstić information content (AvgIpc) is 2.29. The van der Waals surface area contributed by atoms with Crippen molar-refractivity contribution < 1.29 is 0 Å². The maximum absolute atomic E-state index is 3.54. The van der Waals surface area contributed by atoms with Crippen molar-refractivity contribution in [1.29, 1.82) is 0 Å². The van der Waals surface area contributed by atoms with Gasteiger partial charge in [0.2, 0.25) is 0 Å². The lowest BCUT2D eigenvalue weighted by molar-refractivity contribution is 0.636. The third-order valence-electron chi connectivity index (χ3n) is 3.56. The van der Waals surface area contributed by atoms with Crippen LogP contribution in [0, 0.1) is 6.92 Å². The second kappa shape index (κ2) is 4.77. The van der Waals surface area contributed by atoms with Crippen LogP contribution in [-0.2, 0) is 6.42 Å². The predicted octanol–water partition coefficient (Wildman–Crippen LogP) is 4.51. The van der Waals surface area contributed by atoms with Gasteiger partial charge in [0, 0.05) is 22.6 Å². The van der Waals surface area contributed by atoms with Crippen molar-refractivity contribution >= 4 is 21.6 Å². The van der Waals surface area contributed by atoms with Crippen LogP contribution < -0.4 is 5.32 Å². The highest BCUT2D eigenvalue weighted by Gasteiger charge is 2.24. The highest BCUT2D eigenvalue weighted by atomic mass is 79.9. The molecule has 1 nitrogen and oxygen atoms in total. The Morgan fingerprint density at radius 3 is 2.83 bits per heavy atom. The molecule has 1 unspecified atom stereocenters. The van der Waals surface area contributed by atoms with E-state index in [2.05, 4.69) is 70.6 Å². The molecule has 0 aromatic heterocycles. The fourth-order valence-electron chi connectivity index (χ4n) is 2.62. The number of fused-ring (bicyclic) bond motifs is 1. The molecule has 0 heterocycles. The molecule has 18 heavy (non-hydrogen) atoms. The van der Waals surface area contributed by atoms with E-state index in [-0.39, 0.29) is 0 Å². The lowest BCUT2D eigenvalue weighted by Crippen LogP contribution is -2.24. The van der Waals surface area contributed by atoms with Gasteiger partial charge in [-0.3, -0.25) is 0 Å². The van der Waals surface area contributed by atoms with Crippen molar-refractivity contribution in [2.75, 3.05) is 11.9 Å². The van der Waals surface area contributed by atoms with Crippen LogP contribution in [0.5, 0.6) is 0 Å². The zero-order valence-corrected chi connectivity index (χ0v) is 12.0. The summed E-state index contributed by atoms with van der Waals surface area (Å²) in [7, 11) is 0. The number of hydrogen-bond acceptors (Lipinski definition) is 1. The Labute approximate surface area is 116 Å². The second-order valence-corrected chi connectivity index (χ2v) is 5.91. The number of anilines is 1. The van der Waals surface area contributed by atoms with Gasteiger partial charge in [0.25, 0.3) is 0 Å². The van der Waals surface area contributed by atoms with Crippen molar-refractivity contribution in [3.05, 3.63) is 63.6 Å². The number of benzene rings is 2.